The minimum absolute atomic E-state index is 1.02. The van der Waals surface area contributed by atoms with Gasteiger partial charge in [0.2, 0.25) is 0 Å². The third kappa shape index (κ3) is 2.27. The Balaban J connectivity index is 2.38. The van der Waals surface area contributed by atoms with Crippen LogP contribution in [0.4, 0.5) is 0 Å². The SMILES string of the molecule is CC1=CC=CCC=C1c1ccc(C)cc1. The molecule has 0 nitrogen and oxygen atoms in total. The van der Waals surface area contributed by atoms with Crippen LogP contribution in [0.15, 0.2) is 54.1 Å². The van der Waals surface area contributed by atoms with Crippen molar-refractivity contribution in [3.05, 3.63) is 65.3 Å². The second-order valence-corrected chi connectivity index (χ2v) is 4.00. The van der Waals surface area contributed by atoms with E-state index in [1.54, 1.807) is 0 Å². The maximum atomic E-state index is 2.29. The summed E-state index contributed by atoms with van der Waals surface area (Å²) < 4.78 is 0. The molecule has 0 heterocycles. The monoisotopic (exact) mass is 196 g/mol. The standard InChI is InChI=1S/C15H16/c1-12-8-10-14(11-9-12)15-7-5-3-4-6-13(15)2/h3-4,6-11H,5H2,1-2H3. The van der Waals surface area contributed by atoms with Gasteiger partial charge in [0, 0.05) is 0 Å². The molecule has 0 N–H and O–H groups in total. The summed E-state index contributed by atoms with van der Waals surface area (Å²) in [7, 11) is 0. The molecule has 0 bridgehead atoms. The van der Waals surface area contributed by atoms with Gasteiger partial charge in [0.25, 0.3) is 0 Å². The maximum Gasteiger partial charge on any atom is -0.0157 e. The van der Waals surface area contributed by atoms with Crippen molar-refractivity contribution < 1.29 is 0 Å². The zero-order valence-electron chi connectivity index (χ0n) is 9.33. The van der Waals surface area contributed by atoms with Gasteiger partial charge in [-0.25, -0.2) is 0 Å². The number of aryl methyl sites for hydroxylation is 1. The second kappa shape index (κ2) is 4.31. The number of hydrogen-bond donors (Lipinski definition) is 0. The van der Waals surface area contributed by atoms with Crippen LogP contribution in [0, 0.1) is 6.92 Å². The smallest absolute Gasteiger partial charge is 0.0157 e. The molecule has 1 aliphatic carbocycles. The van der Waals surface area contributed by atoms with E-state index in [0.717, 1.165) is 6.42 Å². The zero-order chi connectivity index (χ0) is 10.7. The van der Waals surface area contributed by atoms with Crippen molar-refractivity contribution >= 4 is 5.57 Å². The van der Waals surface area contributed by atoms with Crippen LogP contribution < -0.4 is 0 Å². The van der Waals surface area contributed by atoms with Crippen molar-refractivity contribution in [2.75, 3.05) is 0 Å². The van der Waals surface area contributed by atoms with E-state index in [0.29, 0.717) is 0 Å². The van der Waals surface area contributed by atoms with Gasteiger partial charge in [0.1, 0.15) is 0 Å². The van der Waals surface area contributed by atoms with Gasteiger partial charge in [-0.1, -0.05) is 54.1 Å². The summed E-state index contributed by atoms with van der Waals surface area (Å²) in [6.45, 7) is 4.29. The predicted octanol–water partition coefficient (Wildman–Crippen LogP) is 4.28. The molecule has 0 atom stereocenters. The van der Waals surface area contributed by atoms with E-state index in [1.807, 2.05) is 0 Å². The molecule has 1 aromatic carbocycles. The molecule has 0 amide bonds. The lowest BCUT2D eigenvalue weighted by atomic mass is 9.98. The Kier molecular flexibility index (Phi) is 2.86. The number of allylic oxidation sites excluding steroid dienone is 6. The minimum atomic E-state index is 1.02. The molecule has 0 saturated carbocycles. The first kappa shape index (κ1) is 9.97. The predicted molar refractivity (Wildman–Crippen MR) is 66.7 cm³/mol. The van der Waals surface area contributed by atoms with Crippen molar-refractivity contribution in [2.24, 2.45) is 0 Å². The molecule has 76 valence electrons. The molecule has 2 rings (SSSR count). The number of hydrogen-bond acceptors (Lipinski definition) is 0. The van der Waals surface area contributed by atoms with Crippen LogP contribution in [-0.4, -0.2) is 0 Å². The van der Waals surface area contributed by atoms with Gasteiger partial charge in [0.15, 0.2) is 0 Å². The Morgan fingerprint density at radius 3 is 2.47 bits per heavy atom. The van der Waals surface area contributed by atoms with Crippen molar-refractivity contribution in [3.63, 3.8) is 0 Å². The summed E-state index contributed by atoms with van der Waals surface area (Å²) in [5.74, 6) is 0. The van der Waals surface area contributed by atoms with Gasteiger partial charge in [-0.3, -0.25) is 0 Å². The largest absolute Gasteiger partial charge is 0.0807 e. The first-order valence-corrected chi connectivity index (χ1v) is 5.38. The summed E-state index contributed by atoms with van der Waals surface area (Å²) in [6.07, 6.45) is 9.81. The Labute approximate surface area is 91.6 Å². The average Bonchev–Trinajstić information content (AvgIpc) is 2.44. The van der Waals surface area contributed by atoms with E-state index in [2.05, 4.69) is 62.4 Å². The summed E-state index contributed by atoms with van der Waals surface area (Å²) in [5, 5.41) is 0. The molecule has 0 aromatic heterocycles. The molecule has 0 radical (unpaired) electrons. The Morgan fingerprint density at radius 1 is 1.00 bits per heavy atom. The summed E-state index contributed by atoms with van der Waals surface area (Å²) >= 11 is 0. The maximum absolute atomic E-state index is 2.29. The Morgan fingerprint density at radius 2 is 1.73 bits per heavy atom. The molecule has 0 fully saturated rings. The van der Waals surface area contributed by atoms with Crippen LogP contribution in [0.25, 0.3) is 5.57 Å². The van der Waals surface area contributed by atoms with E-state index in [4.69, 9.17) is 0 Å². The quantitative estimate of drug-likeness (QED) is 0.628. The lowest BCUT2D eigenvalue weighted by Crippen LogP contribution is -1.86. The minimum Gasteiger partial charge on any atom is -0.0807 e. The van der Waals surface area contributed by atoms with Crippen molar-refractivity contribution in [3.8, 4) is 0 Å². The van der Waals surface area contributed by atoms with Gasteiger partial charge < -0.3 is 0 Å². The fourth-order valence-electron chi connectivity index (χ4n) is 1.81. The molecule has 0 aliphatic heterocycles. The fourth-order valence-corrected chi connectivity index (χ4v) is 1.81. The first-order chi connectivity index (χ1) is 7.27. The van der Waals surface area contributed by atoms with Crippen LogP contribution in [0.3, 0.4) is 0 Å². The van der Waals surface area contributed by atoms with E-state index < -0.39 is 0 Å². The number of benzene rings is 1. The third-order valence-electron chi connectivity index (χ3n) is 2.73. The highest BCUT2D eigenvalue weighted by atomic mass is 14.1. The highest BCUT2D eigenvalue weighted by molar-refractivity contribution is 5.79. The Hall–Kier alpha value is -1.56. The van der Waals surface area contributed by atoms with E-state index in [9.17, 15) is 0 Å². The van der Waals surface area contributed by atoms with E-state index in [1.165, 1.54) is 22.3 Å². The lowest BCUT2D eigenvalue weighted by Gasteiger charge is -2.07. The highest BCUT2D eigenvalue weighted by Crippen LogP contribution is 2.25. The van der Waals surface area contributed by atoms with Crippen LogP contribution >= 0.6 is 0 Å². The first-order valence-electron chi connectivity index (χ1n) is 5.38. The van der Waals surface area contributed by atoms with Crippen LogP contribution in [-0.2, 0) is 0 Å². The molecule has 0 unspecified atom stereocenters. The molecule has 1 aromatic rings. The topological polar surface area (TPSA) is 0 Å². The van der Waals surface area contributed by atoms with Crippen LogP contribution in [0.2, 0.25) is 0 Å². The zero-order valence-corrected chi connectivity index (χ0v) is 9.33. The van der Waals surface area contributed by atoms with Crippen molar-refractivity contribution in [2.45, 2.75) is 20.3 Å². The third-order valence-corrected chi connectivity index (χ3v) is 2.73. The molecule has 0 heteroatoms. The van der Waals surface area contributed by atoms with Crippen LogP contribution in [0.1, 0.15) is 24.5 Å². The van der Waals surface area contributed by atoms with Gasteiger partial charge in [-0.2, -0.15) is 0 Å². The van der Waals surface area contributed by atoms with Gasteiger partial charge in [-0.15, -0.1) is 0 Å². The van der Waals surface area contributed by atoms with Crippen LogP contribution in [0.5, 0.6) is 0 Å². The molecular weight excluding hydrogens is 180 g/mol. The van der Waals surface area contributed by atoms with Gasteiger partial charge in [0.05, 0.1) is 0 Å². The fraction of sp³-hybridized carbons (Fsp3) is 0.200. The molecule has 15 heavy (non-hydrogen) atoms. The molecule has 0 spiro atoms. The summed E-state index contributed by atoms with van der Waals surface area (Å²) in [4.78, 5) is 0. The molecule has 0 saturated heterocycles. The van der Waals surface area contributed by atoms with Gasteiger partial charge >= 0.3 is 0 Å². The number of rotatable bonds is 1. The molecule has 1 aliphatic rings. The van der Waals surface area contributed by atoms with E-state index in [-0.39, 0.29) is 0 Å². The second-order valence-electron chi connectivity index (χ2n) is 4.00. The summed E-state index contributed by atoms with van der Waals surface area (Å²) in [5.41, 5.74) is 5.33. The van der Waals surface area contributed by atoms with Gasteiger partial charge in [-0.05, 0) is 37.0 Å². The lowest BCUT2D eigenvalue weighted by molar-refractivity contribution is 1.38. The van der Waals surface area contributed by atoms with E-state index >= 15 is 0 Å². The summed E-state index contributed by atoms with van der Waals surface area (Å²) in [6, 6.07) is 8.73. The Bertz CT molecular complexity index is 428. The van der Waals surface area contributed by atoms with Crippen molar-refractivity contribution in [1.82, 2.24) is 0 Å². The highest BCUT2D eigenvalue weighted by Gasteiger charge is 2.03. The average molecular weight is 196 g/mol. The van der Waals surface area contributed by atoms with Crippen molar-refractivity contribution in [1.29, 1.82) is 0 Å². The normalized spacial score (nSPS) is 15.6. The molecular formula is C15H16.